The van der Waals surface area contributed by atoms with Gasteiger partial charge in [-0.25, -0.2) is 19.3 Å². The van der Waals surface area contributed by atoms with Gasteiger partial charge >= 0.3 is 0 Å². The third-order valence-electron chi connectivity index (χ3n) is 5.08. The van der Waals surface area contributed by atoms with E-state index in [1.54, 1.807) is 23.7 Å². The number of benzene rings is 1. The first-order valence-electron chi connectivity index (χ1n) is 9.29. The van der Waals surface area contributed by atoms with Crippen molar-refractivity contribution in [3.05, 3.63) is 42.2 Å². The van der Waals surface area contributed by atoms with Gasteiger partial charge in [-0.3, -0.25) is 4.98 Å². The lowest BCUT2D eigenvalue weighted by Crippen LogP contribution is -2.46. The van der Waals surface area contributed by atoms with Crippen LogP contribution < -0.4 is 10.6 Å². The smallest absolute Gasteiger partial charge is 0.155 e. The monoisotopic (exact) mass is 430 g/mol. The summed E-state index contributed by atoms with van der Waals surface area (Å²) in [5.41, 5.74) is 4.65. The van der Waals surface area contributed by atoms with Crippen molar-refractivity contribution in [2.24, 2.45) is 0 Å². The van der Waals surface area contributed by atoms with Crippen LogP contribution in [0, 0.1) is 0 Å². The Bertz CT molecular complexity index is 1140. The van der Waals surface area contributed by atoms with E-state index in [9.17, 15) is 0 Å². The van der Waals surface area contributed by atoms with E-state index in [4.69, 9.17) is 4.98 Å². The lowest BCUT2D eigenvalue weighted by Gasteiger charge is -2.30. The van der Waals surface area contributed by atoms with E-state index in [1.165, 1.54) is 0 Å². The molecule has 150 valence electrons. The van der Waals surface area contributed by atoms with Crippen LogP contribution in [0.25, 0.3) is 32.5 Å². The molecule has 4 heterocycles. The summed E-state index contributed by atoms with van der Waals surface area (Å²) in [5, 5.41) is 6.33. The molecule has 0 spiro atoms. The fraction of sp³-hybridized carbons (Fsp3) is 0.300. The van der Waals surface area contributed by atoms with Crippen LogP contribution in [0.15, 0.2) is 42.2 Å². The Labute approximate surface area is 177 Å². The van der Waals surface area contributed by atoms with Crippen LogP contribution in [0.1, 0.15) is 12.8 Å². The molecule has 0 amide bonds. The predicted octanol–water partition coefficient (Wildman–Crippen LogP) is 4.23. The second-order valence-electron chi connectivity index (χ2n) is 7.10. The number of hydrogen-bond acceptors (Lipinski definition) is 7. The number of aromatic nitrogens is 4. The molecule has 1 fully saturated rings. The zero-order chi connectivity index (χ0) is 19.0. The third kappa shape index (κ3) is 4.01. The summed E-state index contributed by atoms with van der Waals surface area (Å²) < 4.78 is 16.1. The Morgan fingerprint density at radius 3 is 2.90 bits per heavy atom. The number of pyridine rings is 1. The highest BCUT2D eigenvalue weighted by atomic mass is 35.5. The number of nitrogens with zero attached hydrogens (tertiary/aromatic N) is 4. The Morgan fingerprint density at radius 2 is 2.03 bits per heavy atom. The Hall–Kier alpha value is -2.42. The first-order chi connectivity index (χ1) is 13.7. The van der Waals surface area contributed by atoms with Gasteiger partial charge in [0.1, 0.15) is 11.2 Å². The number of alkyl halides is 1. The number of nitrogens with one attached hydrogen (secondary N) is 2. The average Bonchev–Trinajstić information content (AvgIpc) is 3.20. The van der Waals surface area contributed by atoms with Gasteiger partial charge < -0.3 is 10.6 Å². The summed E-state index contributed by atoms with van der Waals surface area (Å²) in [7, 11) is 0. The number of rotatable bonds is 4. The molecule has 3 aromatic heterocycles. The van der Waals surface area contributed by atoms with E-state index in [2.05, 4.69) is 31.7 Å². The number of thiazole rings is 1. The number of fused-ring (bicyclic) bond motifs is 2. The molecule has 0 saturated carbocycles. The van der Waals surface area contributed by atoms with Crippen molar-refractivity contribution in [1.82, 2.24) is 25.3 Å². The maximum atomic E-state index is 15.0. The van der Waals surface area contributed by atoms with Gasteiger partial charge in [0.2, 0.25) is 0 Å². The van der Waals surface area contributed by atoms with Crippen molar-refractivity contribution in [2.75, 3.05) is 25.0 Å². The van der Waals surface area contributed by atoms with E-state index in [0.717, 1.165) is 40.0 Å². The van der Waals surface area contributed by atoms with Crippen LogP contribution in [0.3, 0.4) is 0 Å². The summed E-state index contributed by atoms with van der Waals surface area (Å²) in [5.74, 6) is 0.563. The molecule has 1 atom stereocenters. The molecule has 0 radical (unpaired) electrons. The number of piperidine rings is 1. The molecule has 1 aliphatic heterocycles. The van der Waals surface area contributed by atoms with Gasteiger partial charge in [0.15, 0.2) is 5.82 Å². The molecule has 0 aliphatic carbocycles. The van der Waals surface area contributed by atoms with E-state index in [-0.39, 0.29) is 19.0 Å². The van der Waals surface area contributed by atoms with E-state index in [0.29, 0.717) is 24.3 Å². The largest absolute Gasteiger partial charge is 0.365 e. The van der Waals surface area contributed by atoms with Gasteiger partial charge in [0.05, 0.1) is 33.5 Å². The Kier molecular flexibility index (Phi) is 5.58. The van der Waals surface area contributed by atoms with Crippen molar-refractivity contribution < 1.29 is 4.39 Å². The normalized spacial score (nSPS) is 19.2. The SMILES string of the molecule is Cl.FC1(CNc2nc(-c3ccc4ncsc4c3)cc3nccnc23)CCCNC1. The van der Waals surface area contributed by atoms with Crippen LogP contribution in [0.2, 0.25) is 0 Å². The second-order valence-corrected chi connectivity index (χ2v) is 7.99. The lowest BCUT2D eigenvalue weighted by atomic mass is 9.96. The van der Waals surface area contributed by atoms with E-state index < -0.39 is 5.67 Å². The molecule has 29 heavy (non-hydrogen) atoms. The lowest BCUT2D eigenvalue weighted by molar-refractivity contribution is 0.137. The summed E-state index contributed by atoms with van der Waals surface area (Å²) in [4.78, 5) is 17.9. The zero-order valence-corrected chi connectivity index (χ0v) is 17.2. The highest BCUT2D eigenvalue weighted by Gasteiger charge is 2.31. The Morgan fingerprint density at radius 1 is 1.14 bits per heavy atom. The van der Waals surface area contributed by atoms with E-state index >= 15 is 4.39 Å². The molecule has 4 aromatic rings. The maximum Gasteiger partial charge on any atom is 0.155 e. The fourth-order valence-electron chi connectivity index (χ4n) is 3.58. The molecule has 1 aliphatic rings. The van der Waals surface area contributed by atoms with Crippen LogP contribution in [-0.2, 0) is 0 Å². The quantitative estimate of drug-likeness (QED) is 0.504. The average molecular weight is 431 g/mol. The summed E-state index contributed by atoms with van der Waals surface area (Å²) in [6.45, 7) is 1.41. The molecule has 6 nitrogen and oxygen atoms in total. The van der Waals surface area contributed by atoms with Gasteiger partial charge in [0, 0.05) is 24.5 Å². The second kappa shape index (κ2) is 8.14. The van der Waals surface area contributed by atoms with Gasteiger partial charge in [-0.2, -0.15) is 0 Å². The van der Waals surface area contributed by atoms with Crippen molar-refractivity contribution in [3.8, 4) is 11.3 Å². The van der Waals surface area contributed by atoms with Gasteiger partial charge in [-0.15, -0.1) is 23.7 Å². The van der Waals surface area contributed by atoms with Crippen LogP contribution in [0.4, 0.5) is 10.2 Å². The predicted molar refractivity (Wildman–Crippen MR) is 118 cm³/mol. The molecule has 5 rings (SSSR count). The van der Waals surface area contributed by atoms with Gasteiger partial charge in [0.25, 0.3) is 0 Å². The molecule has 9 heteroatoms. The van der Waals surface area contributed by atoms with Gasteiger partial charge in [-0.05, 0) is 37.6 Å². The highest BCUT2D eigenvalue weighted by molar-refractivity contribution is 7.16. The summed E-state index contributed by atoms with van der Waals surface area (Å²) >= 11 is 1.59. The maximum absolute atomic E-state index is 15.0. The minimum atomic E-state index is -1.29. The molecule has 1 unspecified atom stereocenters. The van der Waals surface area contributed by atoms with Crippen LogP contribution in [-0.4, -0.2) is 45.2 Å². The third-order valence-corrected chi connectivity index (χ3v) is 5.87. The molecule has 0 bridgehead atoms. The first-order valence-corrected chi connectivity index (χ1v) is 10.2. The standard InChI is InChI=1S/C20H19FN6S.ClH/c21-20(4-1-5-22-10-20)11-25-19-18-16(23-6-7-24-18)9-15(27-19)13-2-3-14-17(8-13)28-12-26-14;/h2-3,6-9,12,22H,1,4-5,10-11H2,(H,25,27);1H. The molecular weight excluding hydrogens is 411 g/mol. The van der Waals surface area contributed by atoms with Crippen LogP contribution in [0.5, 0.6) is 0 Å². The molecule has 1 saturated heterocycles. The van der Waals surface area contributed by atoms with Gasteiger partial charge in [-0.1, -0.05) is 6.07 Å². The number of hydrogen-bond donors (Lipinski definition) is 2. The Balaban J connectivity index is 0.00000205. The molecule has 2 N–H and O–H groups in total. The molecule has 1 aromatic carbocycles. The fourth-order valence-corrected chi connectivity index (χ4v) is 4.30. The number of halogens is 2. The van der Waals surface area contributed by atoms with Crippen molar-refractivity contribution in [2.45, 2.75) is 18.5 Å². The highest BCUT2D eigenvalue weighted by Crippen LogP contribution is 2.30. The number of anilines is 1. The minimum absolute atomic E-state index is 0. The molecular formula is C20H20ClFN6S. The summed E-state index contributed by atoms with van der Waals surface area (Å²) in [6, 6.07) is 7.98. The van der Waals surface area contributed by atoms with Crippen LogP contribution >= 0.6 is 23.7 Å². The first kappa shape index (κ1) is 19.9. The van der Waals surface area contributed by atoms with Crippen molar-refractivity contribution in [3.63, 3.8) is 0 Å². The topological polar surface area (TPSA) is 75.6 Å². The van der Waals surface area contributed by atoms with E-state index in [1.807, 2.05) is 23.7 Å². The minimum Gasteiger partial charge on any atom is -0.365 e. The summed E-state index contributed by atoms with van der Waals surface area (Å²) in [6.07, 6.45) is 4.66. The zero-order valence-electron chi connectivity index (χ0n) is 15.6. The van der Waals surface area contributed by atoms with Crippen molar-refractivity contribution in [1.29, 1.82) is 0 Å². The van der Waals surface area contributed by atoms with Crippen molar-refractivity contribution >= 4 is 50.8 Å².